The summed E-state index contributed by atoms with van der Waals surface area (Å²) in [6, 6.07) is 19.7. The van der Waals surface area contributed by atoms with E-state index in [4.69, 9.17) is 0 Å². The molecule has 5 nitrogen and oxygen atoms in total. The minimum atomic E-state index is -0.339. The maximum atomic E-state index is 13.6. The maximum Gasteiger partial charge on any atom is 0.263 e. The van der Waals surface area contributed by atoms with Crippen molar-refractivity contribution in [1.29, 1.82) is 0 Å². The van der Waals surface area contributed by atoms with Gasteiger partial charge in [-0.3, -0.25) is 13.8 Å². The van der Waals surface area contributed by atoms with Crippen LogP contribution in [0.15, 0.2) is 95.4 Å². The molecule has 0 N–H and O–H groups in total. The van der Waals surface area contributed by atoms with E-state index < -0.39 is 0 Å². The van der Waals surface area contributed by atoms with Gasteiger partial charge in [0.15, 0.2) is 5.16 Å². The summed E-state index contributed by atoms with van der Waals surface area (Å²) in [7, 11) is 0. The molecule has 0 spiro atoms. The fraction of sp³-hybridized carbons (Fsp3) is 0.0800. The van der Waals surface area contributed by atoms with Gasteiger partial charge >= 0.3 is 0 Å². The Labute approximate surface area is 192 Å². The molecule has 0 amide bonds. The molecular weight excluding hydrogens is 442 g/mol. The van der Waals surface area contributed by atoms with E-state index in [1.807, 2.05) is 22.6 Å². The second kappa shape index (κ2) is 8.63. The summed E-state index contributed by atoms with van der Waals surface area (Å²) in [6.07, 6.45) is 1.64. The van der Waals surface area contributed by atoms with E-state index in [2.05, 4.69) is 16.8 Å². The van der Waals surface area contributed by atoms with Crippen LogP contribution in [0.25, 0.3) is 16.7 Å². The SMILES string of the molecule is C=CCn1c(=O)c2ccccc2n2c(SC(c3ccc(F)cc3)c3ccc(F)cc3)nnc12. The lowest BCUT2D eigenvalue weighted by Gasteiger charge is -2.17. The van der Waals surface area contributed by atoms with E-state index in [0.29, 0.717) is 21.8 Å². The van der Waals surface area contributed by atoms with Crippen LogP contribution in [-0.4, -0.2) is 19.2 Å². The van der Waals surface area contributed by atoms with Gasteiger partial charge in [0, 0.05) is 6.54 Å². The molecule has 0 aliphatic carbocycles. The standard InChI is InChI=1S/C25H18F2N4OS/c1-2-15-30-23(32)20-5-3-4-6-21(20)31-24(30)28-29-25(31)33-22(16-7-11-18(26)12-8-16)17-9-13-19(27)14-10-17/h2-14,22H,1,15H2. The summed E-state index contributed by atoms with van der Waals surface area (Å²) in [4.78, 5) is 13.0. The normalized spacial score (nSPS) is 11.5. The van der Waals surface area contributed by atoms with E-state index in [0.717, 1.165) is 11.1 Å². The molecule has 5 aromatic rings. The van der Waals surface area contributed by atoms with Crippen LogP contribution in [0, 0.1) is 11.6 Å². The van der Waals surface area contributed by atoms with Crippen LogP contribution in [0.4, 0.5) is 8.78 Å². The lowest BCUT2D eigenvalue weighted by Crippen LogP contribution is -2.22. The van der Waals surface area contributed by atoms with Crippen LogP contribution in [-0.2, 0) is 6.54 Å². The quantitative estimate of drug-likeness (QED) is 0.252. The van der Waals surface area contributed by atoms with Crippen LogP contribution >= 0.6 is 11.8 Å². The molecule has 0 saturated carbocycles. The van der Waals surface area contributed by atoms with Crippen molar-refractivity contribution >= 4 is 28.4 Å². The molecule has 2 aromatic heterocycles. The molecular formula is C25H18F2N4OS. The zero-order valence-corrected chi connectivity index (χ0v) is 18.2. The highest BCUT2D eigenvalue weighted by Crippen LogP contribution is 2.40. The third-order valence-electron chi connectivity index (χ3n) is 5.36. The Hall–Kier alpha value is -3.78. The third-order valence-corrected chi connectivity index (χ3v) is 6.61. The molecule has 0 aliphatic rings. The highest BCUT2D eigenvalue weighted by molar-refractivity contribution is 7.99. The van der Waals surface area contributed by atoms with Crippen LogP contribution in [0.3, 0.4) is 0 Å². The van der Waals surface area contributed by atoms with E-state index >= 15 is 0 Å². The molecule has 2 heterocycles. The number of hydrogen-bond donors (Lipinski definition) is 0. The van der Waals surface area contributed by atoms with Crippen molar-refractivity contribution in [3.05, 3.63) is 119 Å². The van der Waals surface area contributed by atoms with Crippen molar-refractivity contribution < 1.29 is 8.78 Å². The van der Waals surface area contributed by atoms with Crippen molar-refractivity contribution in [3.8, 4) is 0 Å². The van der Waals surface area contributed by atoms with E-state index in [9.17, 15) is 13.6 Å². The smallest absolute Gasteiger partial charge is 0.263 e. The molecule has 5 rings (SSSR count). The highest BCUT2D eigenvalue weighted by atomic mass is 32.2. The van der Waals surface area contributed by atoms with E-state index in [-0.39, 0.29) is 29.0 Å². The Morgan fingerprint density at radius 3 is 2.12 bits per heavy atom. The first-order valence-corrected chi connectivity index (χ1v) is 11.1. The van der Waals surface area contributed by atoms with Gasteiger partial charge in [0.1, 0.15) is 11.6 Å². The molecule has 0 atom stereocenters. The number of nitrogens with zero attached hydrogens (tertiary/aromatic N) is 4. The molecule has 33 heavy (non-hydrogen) atoms. The number of para-hydroxylation sites is 1. The maximum absolute atomic E-state index is 13.6. The fourth-order valence-corrected chi connectivity index (χ4v) is 4.98. The lowest BCUT2D eigenvalue weighted by atomic mass is 10.0. The second-order valence-corrected chi connectivity index (χ2v) is 8.51. The van der Waals surface area contributed by atoms with Gasteiger partial charge in [-0.05, 0) is 47.5 Å². The van der Waals surface area contributed by atoms with Gasteiger partial charge in [0.05, 0.1) is 16.2 Å². The minimum absolute atomic E-state index is 0.171. The zero-order chi connectivity index (χ0) is 22.9. The van der Waals surface area contributed by atoms with Crippen molar-refractivity contribution in [2.75, 3.05) is 0 Å². The number of hydrogen-bond acceptors (Lipinski definition) is 4. The van der Waals surface area contributed by atoms with Gasteiger partial charge in [-0.1, -0.05) is 54.2 Å². The van der Waals surface area contributed by atoms with Gasteiger partial charge < -0.3 is 0 Å². The van der Waals surface area contributed by atoms with Gasteiger partial charge in [-0.15, -0.1) is 16.8 Å². The molecule has 3 aromatic carbocycles. The van der Waals surface area contributed by atoms with Crippen LogP contribution in [0.2, 0.25) is 0 Å². The Balaban J connectivity index is 1.71. The minimum Gasteiger partial charge on any atom is -0.272 e. The Morgan fingerprint density at radius 1 is 0.909 bits per heavy atom. The molecule has 0 aliphatic heterocycles. The van der Waals surface area contributed by atoms with Gasteiger partial charge in [-0.2, -0.15) is 0 Å². The molecule has 0 unspecified atom stereocenters. The summed E-state index contributed by atoms with van der Waals surface area (Å²) < 4.78 is 30.6. The monoisotopic (exact) mass is 460 g/mol. The predicted octanol–water partition coefficient (Wildman–Crippen LogP) is 5.39. The first kappa shape index (κ1) is 21.1. The van der Waals surface area contributed by atoms with Crippen LogP contribution < -0.4 is 5.56 Å². The number of fused-ring (bicyclic) bond motifs is 3. The van der Waals surface area contributed by atoms with Gasteiger partial charge in [0.25, 0.3) is 5.56 Å². The number of aromatic nitrogens is 4. The van der Waals surface area contributed by atoms with Crippen molar-refractivity contribution in [2.45, 2.75) is 17.0 Å². The average molecular weight is 461 g/mol. The molecule has 0 fully saturated rings. The molecule has 8 heteroatoms. The number of benzene rings is 3. The number of halogens is 2. The average Bonchev–Trinajstić information content (AvgIpc) is 3.25. The Morgan fingerprint density at radius 2 is 1.52 bits per heavy atom. The summed E-state index contributed by atoms with van der Waals surface area (Å²) in [5, 5.41) is 9.47. The first-order chi connectivity index (χ1) is 16.1. The summed E-state index contributed by atoms with van der Waals surface area (Å²) in [5.41, 5.74) is 2.17. The molecule has 0 bridgehead atoms. The molecule has 0 saturated heterocycles. The Bertz CT molecular complexity index is 1480. The molecule has 0 radical (unpaired) electrons. The number of thioether (sulfide) groups is 1. The fourth-order valence-electron chi connectivity index (χ4n) is 3.81. The van der Waals surface area contributed by atoms with E-state index in [1.165, 1.54) is 40.6 Å². The van der Waals surface area contributed by atoms with Crippen LogP contribution in [0.5, 0.6) is 0 Å². The zero-order valence-electron chi connectivity index (χ0n) is 17.4. The highest BCUT2D eigenvalue weighted by Gasteiger charge is 2.22. The number of allylic oxidation sites excluding steroid dienone is 1. The summed E-state index contributed by atoms with van der Waals surface area (Å²) in [5.74, 6) is -0.277. The molecule has 164 valence electrons. The summed E-state index contributed by atoms with van der Waals surface area (Å²) >= 11 is 1.39. The van der Waals surface area contributed by atoms with Crippen molar-refractivity contribution in [3.63, 3.8) is 0 Å². The Kier molecular flexibility index (Phi) is 5.51. The second-order valence-electron chi connectivity index (χ2n) is 7.44. The van der Waals surface area contributed by atoms with Crippen LogP contribution in [0.1, 0.15) is 16.4 Å². The van der Waals surface area contributed by atoms with Crippen molar-refractivity contribution in [2.24, 2.45) is 0 Å². The number of rotatable bonds is 6. The lowest BCUT2D eigenvalue weighted by molar-refractivity contribution is 0.626. The first-order valence-electron chi connectivity index (χ1n) is 10.2. The topological polar surface area (TPSA) is 52.2 Å². The van der Waals surface area contributed by atoms with E-state index in [1.54, 1.807) is 36.4 Å². The summed E-state index contributed by atoms with van der Waals surface area (Å²) in [6.45, 7) is 4.04. The predicted molar refractivity (Wildman–Crippen MR) is 125 cm³/mol. The van der Waals surface area contributed by atoms with Gasteiger partial charge in [-0.25, -0.2) is 8.78 Å². The van der Waals surface area contributed by atoms with Gasteiger partial charge in [0.2, 0.25) is 5.78 Å². The van der Waals surface area contributed by atoms with Crippen molar-refractivity contribution in [1.82, 2.24) is 19.2 Å². The third kappa shape index (κ3) is 3.82. The largest absolute Gasteiger partial charge is 0.272 e.